The number of nitrogens with one attached hydrogen (secondary N) is 4. The molecule has 0 bridgehead atoms. The maximum absolute atomic E-state index is 14.6. The van der Waals surface area contributed by atoms with Crippen molar-refractivity contribution in [3.05, 3.63) is 219 Å². The number of ether oxygens (including phenoxy) is 6. The molecule has 4 aliphatic heterocycles. The van der Waals surface area contributed by atoms with Crippen molar-refractivity contribution in [3.63, 3.8) is 0 Å². The number of pyridine rings is 3. The van der Waals surface area contributed by atoms with Gasteiger partial charge in [-0.2, -0.15) is 10.5 Å². The average Bonchev–Trinajstić information content (AvgIpc) is 1.47. The van der Waals surface area contributed by atoms with E-state index in [0.29, 0.717) is 109 Å². The molecule has 4 aliphatic carbocycles. The molecule has 124 heavy (non-hydrogen) atoms. The molecule has 0 spiro atoms. The zero-order valence-corrected chi connectivity index (χ0v) is 68.7. The number of aliphatic hydroxyl groups excluding tert-OH is 8. The molecule has 12 N–H and O–H groups in total. The van der Waals surface area contributed by atoms with Crippen LogP contribution in [0.4, 0.5) is 17.6 Å². The SMILES string of the molecule is Cc1ccnc2c1ccn2[C@@H]1C[C@H](Oc2cc(C#N)cc3c2CNCCO3)[C@@H](O)[C@H]1O.Cc1ccnc2c1ccn2[C@@H]1C[C@H](Oc2cc(C(F)F)c(F)c3c2CNCC3)[C@@H](O)[C@H]1O.Cc1ccnc2c1ccn2[C@@H]1C[C@H](Oc2cccc3c2CNC[C@@H](C)O3)[C@@H](O)[C@H]1O.Cc1ncc2c(F)cn([C@@H]3C[C@H](Oc4cc(C#N)cc5c4CNCC5)[C@@H](O)[C@H]3O)c2n1. The Hall–Kier alpha value is -11.4. The highest BCUT2D eigenvalue weighted by atomic mass is 19.3. The number of aryl methyl sites for hydroxylation is 4. The van der Waals surface area contributed by atoms with E-state index < -0.39 is 109 Å². The zero-order valence-electron chi connectivity index (χ0n) is 68.7. The number of nitrogens with zero attached hydrogens (tertiary/aromatic N) is 11. The maximum atomic E-state index is 14.6. The third-order valence-electron chi connectivity index (χ3n) is 25.2. The Morgan fingerprint density at radius 3 is 1.47 bits per heavy atom. The molecule has 12 aromatic rings. The van der Waals surface area contributed by atoms with E-state index in [2.05, 4.69) is 58.3 Å². The molecule has 29 nitrogen and oxygen atoms in total. The summed E-state index contributed by atoms with van der Waals surface area (Å²) >= 11 is 0. The van der Waals surface area contributed by atoms with Gasteiger partial charge in [-0.15, -0.1) is 0 Å². The molecule has 648 valence electrons. The van der Waals surface area contributed by atoms with Gasteiger partial charge in [-0.05, 0) is 167 Å². The van der Waals surface area contributed by atoms with Crippen LogP contribution in [-0.4, -0.2) is 196 Å². The lowest BCUT2D eigenvalue weighted by Gasteiger charge is -2.26. The number of alkyl halides is 2. The summed E-state index contributed by atoms with van der Waals surface area (Å²) in [6.45, 7) is 15.1. The van der Waals surface area contributed by atoms with E-state index in [-0.39, 0.29) is 60.7 Å². The molecule has 4 saturated carbocycles. The Bertz CT molecular complexity index is 6050. The van der Waals surface area contributed by atoms with Gasteiger partial charge in [0.1, 0.15) is 155 Å². The number of aliphatic hydroxyl groups is 8. The van der Waals surface area contributed by atoms with Gasteiger partial charge >= 0.3 is 0 Å². The summed E-state index contributed by atoms with van der Waals surface area (Å²) in [6, 6.07) is 27.8. The van der Waals surface area contributed by atoms with Crippen LogP contribution in [0.5, 0.6) is 34.5 Å². The Morgan fingerprint density at radius 2 is 0.935 bits per heavy atom. The number of fused-ring (bicyclic) bond motifs is 8. The molecular weight excluding hydrogens is 1600 g/mol. The molecule has 0 amide bonds. The molecule has 0 saturated heterocycles. The third kappa shape index (κ3) is 16.4. The monoisotopic (exact) mass is 1700 g/mol. The normalized spacial score (nSPS) is 26.2. The predicted molar refractivity (Wildman–Crippen MR) is 446 cm³/mol. The molecule has 4 aromatic carbocycles. The minimum Gasteiger partial charge on any atom is -0.492 e. The van der Waals surface area contributed by atoms with Crippen LogP contribution in [0.3, 0.4) is 0 Å². The summed E-state index contributed by atoms with van der Waals surface area (Å²) in [5.41, 5.74) is 10.6. The number of nitriles is 2. The molecule has 33 heteroatoms. The van der Waals surface area contributed by atoms with E-state index in [0.717, 1.165) is 97.7 Å². The minimum atomic E-state index is -2.98. The Balaban J connectivity index is 0.000000117. The van der Waals surface area contributed by atoms with Crippen LogP contribution in [0, 0.1) is 62.0 Å². The second-order valence-electron chi connectivity index (χ2n) is 33.1. The van der Waals surface area contributed by atoms with Crippen molar-refractivity contribution in [2.45, 2.75) is 209 Å². The topological polar surface area (TPSA) is 397 Å². The molecule has 8 aromatic heterocycles. The van der Waals surface area contributed by atoms with Crippen LogP contribution >= 0.6 is 0 Å². The van der Waals surface area contributed by atoms with Crippen LogP contribution in [-0.2, 0) is 39.0 Å². The lowest BCUT2D eigenvalue weighted by molar-refractivity contribution is -0.0167. The summed E-state index contributed by atoms with van der Waals surface area (Å²) in [5.74, 6) is 2.33. The average molecular weight is 1700 g/mol. The van der Waals surface area contributed by atoms with Crippen LogP contribution in [0.2, 0.25) is 0 Å². The second kappa shape index (κ2) is 35.7. The van der Waals surface area contributed by atoms with Gasteiger partial charge in [-0.3, -0.25) is 0 Å². The minimum absolute atomic E-state index is 0.0720. The summed E-state index contributed by atoms with van der Waals surface area (Å²) in [4.78, 5) is 21.7. The number of hydrogen-bond donors (Lipinski definition) is 12. The highest BCUT2D eigenvalue weighted by Gasteiger charge is 2.49. The van der Waals surface area contributed by atoms with Gasteiger partial charge in [-0.1, -0.05) is 6.07 Å². The lowest BCUT2D eigenvalue weighted by atomic mass is 9.96. The van der Waals surface area contributed by atoms with Gasteiger partial charge in [0.25, 0.3) is 6.43 Å². The molecule has 0 unspecified atom stereocenters. The Morgan fingerprint density at radius 1 is 0.476 bits per heavy atom. The highest BCUT2D eigenvalue weighted by molar-refractivity contribution is 5.82. The van der Waals surface area contributed by atoms with Crippen LogP contribution in [0.15, 0.2) is 135 Å². The summed E-state index contributed by atoms with van der Waals surface area (Å²) in [6.07, 6.45) is 1.62. The van der Waals surface area contributed by atoms with E-state index in [1.165, 1.54) is 12.4 Å². The van der Waals surface area contributed by atoms with Crippen LogP contribution in [0.25, 0.3) is 44.1 Å². The van der Waals surface area contributed by atoms with Gasteiger partial charge in [0.2, 0.25) is 0 Å². The quantitative estimate of drug-likeness (QED) is 0.0479. The molecule has 17 atom stereocenters. The zero-order chi connectivity index (χ0) is 86.6. The fraction of sp³-hybridized carbons (Fsp3) is 0.418. The van der Waals surface area contributed by atoms with E-state index >= 15 is 0 Å². The first kappa shape index (κ1) is 84.8. The highest BCUT2D eigenvalue weighted by Crippen LogP contribution is 2.46. The molecule has 20 rings (SSSR count). The van der Waals surface area contributed by atoms with Crippen molar-refractivity contribution in [2.75, 3.05) is 32.8 Å². The standard InChI is InChI=1S/C23H24F3N3O3.C23H24N4O4.C23H27N3O4.C22H22FN5O3/c1-11-2-6-28-23-12(11)4-7-29(23)16-9-18(21(31)20(16)30)32-17-8-14(22(25)26)19(24)13-3-5-27-10-15(13)17;1-13-2-4-26-23-15(13)3-6-27(23)17-10-20(22(29)21(17)28)31-19-9-14(11-24)8-18-16(19)12-25-5-7-30-18;1-13-6-8-25-23-15(13)7-9-26(23)17-10-20(22(28)21(17)27)30-19-5-3-4-18-16(19)12-24-11-14(2)29-18;1-11-26-9-15-16(23)10-28(22(15)27-11)17-6-19(21(30)20(17)29)31-18-5-12(7-24)4-13-2-3-25-8-14(13)18/h2,4,6-8,16,18,20-22,27,30-31H,3,5,9-10H2,1H3;2-4,6,8-9,17,20-22,25,28-29H,5,7,10,12H2,1H3;3-9,14,17,20-22,24,27-28H,10-12H2,1-2H3;4-5,9-10,17,19-21,25,29-30H,2-3,6,8H2,1H3/t16-,18+,20+,21-;17-,20+,21+,22-;14-,17-,20+,21+,22-;17-,19+,20+,21-/m1111/s1. The lowest BCUT2D eigenvalue weighted by Crippen LogP contribution is -2.35. The van der Waals surface area contributed by atoms with Gasteiger partial charge in [-0.25, -0.2) is 42.5 Å². The summed E-state index contributed by atoms with van der Waals surface area (Å²) < 4.78 is 99.5. The van der Waals surface area contributed by atoms with Crippen molar-refractivity contribution in [1.29, 1.82) is 10.5 Å². The van der Waals surface area contributed by atoms with Gasteiger partial charge in [0.05, 0.1) is 63.9 Å². The van der Waals surface area contributed by atoms with E-state index in [1.807, 2.05) is 121 Å². The third-order valence-corrected chi connectivity index (χ3v) is 25.2. The molecule has 0 radical (unpaired) electrons. The number of aromatic nitrogens is 9. The summed E-state index contributed by atoms with van der Waals surface area (Å²) in [5, 5.41) is 121. The first-order valence-electron chi connectivity index (χ1n) is 41.8. The van der Waals surface area contributed by atoms with Crippen LogP contribution in [0.1, 0.15) is 136 Å². The first-order chi connectivity index (χ1) is 59.9. The predicted octanol–water partition coefficient (Wildman–Crippen LogP) is 8.83. The number of halogens is 4. The fourth-order valence-electron chi connectivity index (χ4n) is 18.6. The smallest absolute Gasteiger partial charge is 0.266 e. The van der Waals surface area contributed by atoms with Crippen molar-refractivity contribution >= 4 is 44.1 Å². The first-order valence-corrected chi connectivity index (χ1v) is 41.8. The second-order valence-corrected chi connectivity index (χ2v) is 33.1. The van der Waals surface area contributed by atoms with Crippen molar-refractivity contribution in [1.82, 2.24) is 64.5 Å². The maximum Gasteiger partial charge on any atom is 0.266 e. The van der Waals surface area contributed by atoms with E-state index in [1.54, 1.807) is 48.3 Å². The largest absolute Gasteiger partial charge is 0.492 e. The molecule has 12 heterocycles. The fourth-order valence-corrected chi connectivity index (χ4v) is 18.6. The van der Waals surface area contributed by atoms with Crippen molar-refractivity contribution in [2.24, 2.45) is 0 Å². The molecule has 8 aliphatic rings. The van der Waals surface area contributed by atoms with Crippen molar-refractivity contribution < 1.29 is 86.8 Å². The Labute approximate surface area is 710 Å². The van der Waals surface area contributed by atoms with E-state index in [9.17, 15) is 68.9 Å². The Kier molecular flexibility index (Phi) is 24.4. The van der Waals surface area contributed by atoms with Gasteiger partial charge < -0.3 is 109 Å². The van der Waals surface area contributed by atoms with Gasteiger partial charge in [0, 0.05) is 147 Å². The van der Waals surface area contributed by atoms with Gasteiger partial charge in [0.15, 0.2) is 5.82 Å². The number of hydrogen-bond acceptors (Lipinski definition) is 25. The van der Waals surface area contributed by atoms with Crippen LogP contribution < -0.4 is 49.7 Å². The number of benzene rings is 4. The summed E-state index contributed by atoms with van der Waals surface area (Å²) in [7, 11) is 0. The molecular formula is C91H97F4N15O14. The number of rotatable bonds is 13. The van der Waals surface area contributed by atoms with Crippen molar-refractivity contribution in [3.8, 4) is 46.6 Å². The van der Waals surface area contributed by atoms with E-state index in [4.69, 9.17) is 28.4 Å². The molecule has 4 fully saturated rings.